The summed E-state index contributed by atoms with van der Waals surface area (Å²) in [5.41, 5.74) is 1.78. The zero-order valence-corrected chi connectivity index (χ0v) is 21.9. The second-order valence-electron chi connectivity index (χ2n) is 9.21. The van der Waals surface area contributed by atoms with Crippen LogP contribution >= 0.6 is 22.9 Å². The van der Waals surface area contributed by atoms with Crippen molar-refractivity contribution in [1.82, 2.24) is 9.29 Å². The minimum Gasteiger partial charge on any atom is -0.376 e. The van der Waals surface area contributed by atoms with E-state index in [-0.39, 0.29) is 23.5 Å². The molecule has 3 heterocycles. The third-order valence-electron chi connectivity index (χ3n) is 6.64. The van der Waals surface area contributed by atoms with Gasteiger partial charge in [0, 0.05) is 24.7 Å². The van der Waals surface area contributed by atoms with Crippen LogP contribution in [-0.2, 0) is 19.6 Å². The molecule has 0 N–H and O–H groups in total. The van der Waals surface area contributed by atoms with Gasteiger partial charge in [-0.15, -0.1) is 0 Å². The molecule has 0 radical (unpaired) electrons. The van der Waals surface area contributed by atoms with Crippen LogP contribution in [-0.4, -0.2) is 56.0 Å². The monoisotopic (exact) mass is 533 g/mol. The van der Waals surface area contributed by atoms with E-state index in [1.54, 1.807) is 35.2 Å². The molecule has 0 bridgehead atoms. The normalized spacial score (nSPS) is 21.4. The number of ether oxygens (including phenoxy) is 1. The highest BCUT2D eigenvalue weighted by molar-refractivity contribution is 7.89. The molecule has 7 nitrogen and oxygen atoms in total. The molecular weight excluding hydrogens is 506 g/mol. The van der Waals surface area contributed by atoms with Crippen LogP contribution in [0.2, 0.25) is 5.02 Å². The first kappa shape index (κ1) is 24.6. The Balaban J connectivity index is 1.41. The first-order valence-electron chi connectivity index (χ1n) is 11.9. The molecule has 0 saturated carbocycles. The van der Waals surface area contributed by atoms with Gasteiger partial charge < -0.3 is 4.74 Å². The largest absolute Gasteiger partial charge is 0.376 e. The molecule has 1 aromatic heterocycles. The number of piperidine rings is 1. The number of sulfonamides is 1. The second-order valence-corrected chi connectivity index (χ2v) is 12.6. The molecule has 2 aliphatic heterocycles. The van der Waals surface area contributed by atoms with E-state index in [0.717, 1.165) is 28.6 Å². The lowest BCUT2D eigenvalue weighted by atomic mass is 9.98. The van der Waals surface area contributed by atoms with Gasteiger partial charge in [-0.2, -0.15) is 4.31 Å². The van der Waals surface area contributed by atoms with Crippen LogP contribution in [0.1, 0.15) is 31.2 Å². The van der Waals surface area contributed by atoms with Gasteiger partial charge in [-0.05, 0) is 62.9 Å². The smallest absolute Gasteiger partial charge is 0.243 e. The molecule has 0 spiro atoms. The van der Waals surface area contributed by atoms with Crippen LogP contribution < -0.4 is 4.90 Å². The summed E-state index contributed by atoms with van der Waals surface area (Å²) < 4.78 is 34.8. The Hall–Kier alpha value is -2.04. The van der Waals surface area contributed by atoms with Gasteiger partial charge in [0.05, 0.1) is 33.7 Å². The van der Waals surface area contributed by atoms with Crippen LogP contribution in [0, 0.1) is 12.8 Å². The van der Waals surface area contributed by atoms with Crippen molar-refractivity contribution in [2.24, 2.45) is 5.92 Å². The van der Waals surface area contributed by atoms with Gasteiger partial charge in [0.25, 0.3) is 0 Å². The van der Waals surface area contributed by atoms with Gasteiger partial charge in [-0.1, -0.05) is 40.6 Å². The van der Waals surface area contributed by atoms with Gasteiger partial charge in [0.15, 0.2) is 5.13 Å². The van der Waals surface area contributed by atoms with Gasteiger partial charge in [-0.3, -0.25) is 9.69 Å². The van der Waals surface area contributed by atoms with Gasteiger partial charge >= 0.3 is 0 Å². The van der Waals surface area contributed by atoms with Crippen LogP contribution in [0.3, 0.4) is 0 Å². The summed E-state index contributed by atoms with van der Waals surface area (Å²) in [5, 5.41) is 1.22. The second kappa shape index (κ2) is 10.1. The summed E-state index contributed by atoms with van der Waals surface area (Å²) in [7, 11) is -3.67. The topological polar surface area (TPSA) is 79.8 Å². The number of carbonyl (C=O) groups is 1. The summed E-state index contributed by atoms with van der Waals surface area (Å²) in [6.45, 7) is 3.59. The SMILES string of the molecule is Cc1ccc(S(=O)(=O)N2CCCC(C(=O)N(CC3CCCO3)c3nc4ccc(Cl)cc4s3)C2)cc1. The molecule has 10 heteroatoms. The highest BCUT2D eigenvalue weighted by Gasteiger charge is 2.37. The highest BCUT2D eigenvalue weighted by Crippen LogP contribution is 2.34. The van der Waals surface area contributed by atoms with Crippen molar-refractivity contribution < 1.29 is 17.9 Å². The Morgan fingerprint density at radius 1 is 1.20 bits per heavy atom. The van der Waals surface area contributed by atoms with Gasteiger partial charge in [0.2, 0.25) is 15.9 Å². The molecule has 5 rings (SSSR count). The molecule has 2 unspecified atom stereocenters. The third-order valence-corrected chi connectivity index (χ3v) is 9.79. The van der Waals surface area contributed by atoms with Crippen molar-refractivity contribution in [3.05, 3.63) is 53.1 Å². The first-order chi connectivity index (χ1) is 16.8. The number of halogens is 1. The summed E-state index contributed by atoms with van der Waals surface area (Å²) in [5.74, 6) is -0.546. The molecular formula is C25H28ClN3O4S2. The number of carbonyl (C=O) groups excluding carboxylic acids is 1. The molecule has 2 aliphatic rings. The van der Waals surface area contributed by atoms with E-state index in [0.29, 0.717) is 42.7 Å². The number of nitrogens with zero attached hydrogens (tertiary/aromatic N) is 3. The lowest BCUT2D eigenvalue weighted by Gasteiger charge is -2.34. The van der Waals surface area contributed by atoms with Crippen molar-refractivity contribution in [1.29, 1.82) is 0 Å². The van der Waals surface area contributed by atoms with Crippen molar-refractivity contribution in [2.75, 3.05) is 31.1 Å². The van der Waals surface area contributed by atoms with Crippen LogP contribution in [0.25, 0.3) is 10.2 Å². The van der Waals surface area contributed by atoms with E-state index in [1.807, 2.05) is 19.1 Å². The Labute approximate surface area is 214 Å². The van der Waals surface area contributed by atoms with Crippen LogP contribution in [0.4, 0.5) is 5.13 Å². The maximum Gasteiger partial charge on any atom is 0.243 e. The minimum atomic E-state index is -3.67. The molecule has 35 heavy (non-hydrogen) atoms. The fourth-order valence-corrected chi connectivity index (χ4v) is 7.48. The Bertz CT molecular complexity index is 1320. The fourth-order valence-electron chi connectivity index (χ4n) is 4.70. The van der Waals surface area contributed by atoms with E-state index in [9.17, 15) is 13.2 Å². The number of amides is 1. The number of fused-ring (bicyclic) bond motifs is 1. The quantitative estimate of drug-likeness (QED) is 0.451. The van der Waals surface area contributed by atoms with Crippen LogP contribution in [0.15, 0.2) is 47.4 Å². The van der Waals surface area contributed by atoms with E-state index < -0.39 is 15.9 Å². The van der Waals surface area contributed by atoms with E-state index in [2.05, 4.69) is 0 Å². The van der Waals surface area contributed by atoms with Gasteiger partial charge in [-0.25, -0.2) is 13.4 Å². The van der Waals surface area contributed by atoms with Crippen molar-refractivity contribution >= 4 is 54.2 Å². The number of benzene rings is 2. The molecule has 2 aromatic carbocycles. The maximum atomic E-state index is 13.9. The number of hydrogen-bond acceptors (Lipinski definition) is 6. The molecule has 1 amide bonds. The number of thiazole rings is 1. The average Bonchev–Trinajstić information content (AvgIpc) is 3.52. The summed E-state index contributed by atoms with van der Waals surface area (Å²) in [4.78, 5) is 20.6. The van der Waals surface area contributed by atoms with Crippen molar-refractivity contribution in [3.8, 4) is 0 Å². The number of anilines is 1. The zero-order chi connectivity index (χ0) is 24.6. The minimum absolute atomic E-state index is 0.0504. The van der Waals surface area contributed by atoms with E-state index in [1.165, 1.54) is 15.6 Å². The van der Waals surface area contributed by atoms with E-state index in [4.69, 9.17) is 21.3 Å². The first-order valence-corrected chi connectivity index (χ1v) is 14.5. The Morgan fingerprint density at radius 2 is 2.00 bits per heavy atom. The average molecular weight is 534 g/mol. The lowest BCUT2D eigenvalue weighted by molar-refractivity contribution is -0.123. The summed E-state index contributed by atoms with van der Waals surface area (Å²) in [6.07, 6.45) is 3.07. The highest BCUT2D eigenvalue weighted by atomic mass is 35.5. The standard InChI is InChI=1S/C25H28ClN3O4S2/c1-17-6-9-21(10-7-17)35(31,32)28-12-2-4-18(15-28)24(30)29(16-20-5-3-13-33-20)25-27-22-11-8-19(26)14-23(22)34-25/h6-11,14,18,20H,2-5,12-13,15-16H2,1H3. The molecule has 2 atom stereocenters. The third kappa shape index (κ3) is 5.24. The molecule has 0 aliphatic carbocycles. The van der Waals surface area contributed by atoms with Crippen molar-refractivity contribution in [3.63, 3.8) is 0 Å². The van der Waals surface area contributed by atoms with Crippen LogP contribution in [0.5, 0.6) is 0 Å². The molecule has 186 valence electrons. The Morgan fingerprint density at radius 3 is 2.74 bits per heavy atom. The Kier molecular flexibility index (Phi) is 7.14. The maximum absolute atomic E-state index is 13.9. The summed E-state index contributed by atoms with van der Waals surface area (Å²) >= 11 is 7.59. The molecule has 2 fully saturated rings. The van der Waals surface area contributed by atoms with Crippen molar-refractivity contribution in [2.45, 2.75) is 43.6 Å². The predicted molar refractivity (Wildman–Crippen MR) is 139 cm³/mol. The molecule has 3 aromatic rings. The van der Waals surface area contributed by atoms with Gasteiger partial charge in [0.1, 0.15) is 0 Å². The van der Waals surface area contributed by atoms with E-state index >= 15 is 0 Å². The molecule has 2 saturated heterocycles. The lowest BCUT2D eigenvalue weighted by Crippen LogP contribution is -2.48. The number of hydrogen-bond donors (Lipinski definition) is 0. The number of rotatable bonds is 6. The number of aryl methyl sites for hydroxylation is 1. The fraction of sp³-hybridized carbons (Fsp3) is 0.440. The predicted octanol–water partition coefficient (Wildman–Crippen LogP) is 4.87. The zero-order valence-electron chi connectivity index (χ0n) is 19.5. The number of aromatic nitrogens is 1. The summed E-state index contributed by atoms with van der Waals surface area (Å²) in [6, 6.07) is 12.3.